The molecule has 0 bridgehead atoms. The zero-order valence-electron chi connectivity index (χ0n) is 35.9. The second-order valence-electron chi connectivity index (χ2n) is 17.1. The number of nitrogens with zero attached hydrogens (tertiary/aromatic N) is 3. The van der Waals surface area contributed by atoms with E-state index in [1.165, 1.54) is 14.0 Å². The molecule has 1 saturated carbocycles. The minimum Gasteiger partial charge on any atom is -0.444 e. The molecule has 3 aromatic rings. The highest BCUT2D eigenvalue weighted by atomic mass is 35.5. The van der Waals surface area contributed by atoms with E-state index >= 15 is 0 Å². The maximum atomic E-state index is 14.6. The van der Waals surface area contributed by atoms with Crippen molar-refractivity contribution < 1.29 is 41.9 Å². The number of rotatable bonds is 15. The molecule has 5 rings (SSSR count). The van der Waals surface area contributed by atoms with E-state index in [1.54, 1.807) is 43.0 Å². The van der Waals surface area contributed by atoms with Crippen molar-refractivity contribution in [2.45, 2.75) is 115 Å². The van der Waals surface area contributed by atoms with Crippen molar-refractivity contribution in [1.82, 2.24) is 20.0 Å². The molecule has 1 heterocycles. The molecule has 1 N–H and O–H groups in total. The lowest BCUT2D eigenvalue weighted by Crippen LogP contribution is -2.64. The first kappa shape index (κ1) is 47.1. The van der Waals surface area contributed by atoms with E-state index in [-0.39, 0.29) is 12.3 Å². The number of halogens is 4. The van der Waals surface area contributed by atoms with E-state index in [0.717, 1.165) is 49.6 Å². The van der Waals surface area contributed by atoms with Gasteiger partial charge in [-0.3, -0.25) is 24.0 Å². The third-order valence-corrected chi connectivity index (χ3v) is 12.7. The fourth-order valence-corrected chi connectivity index (χ4v) is 9.29. The van der Waals surface area contributed by atoms with Crippen LogP contribution in [0.1, 0.15) is 101 Å². The van der Waals surface area contributed by atoms with Crippen LogP contribution in [0, 0.1) is 18.8 Å². The Morgan fingerprint density at radius 1 is 0.820 bits per heavy atom. The summed E-state index contributed by atoms with van der Waals surface area (Å²) in [6, 6.07) is 20.8. The van der Waals surface area contributed by atoms with Crippen molar-refractivity contribution in [2.24, 2.45) is 11.8 Å². The van der Waals surface area contributed by atoms with Gasteiger partial charge in [-0.15, -0.1) is 0 Å². The number of ether oxygens (including phenoxy) is 1. The summed E-state index contributed by atoms with van der Waals surface area (Å²) in [4.78, 5) is 73.8. The van der Waals surface area contributed by atoms with Gasteiger partial charge in [0.1, 0.15) is 17.6 Å². The number of carbonyl (C=O) groups is 5. The SMILES string of the molecule is Cc1ccc(C(OC(=O)C[C@H](NC(=O)[C@H](C(C)C)N(C)C(=O)[C@](C)(CC2CCCCC2)N(C)C(=O)C(F)(F)F)C(=O)N2CCCC2)(c2ccccc2)c2ccccc2Cl)cc1. The summed E-state index contributed by atoms with van der Waals surface area (Å²) < 4.78 is 48.3. The number of esters is 1. The summed E-state index contributed by atoms with van der Waals surface area (Å²) >= 11 is 6.88. The van der Waals surface area contributed by atoms with E-state index in [9.17, 15) is 37.1 Å². The summed E-state index contributed by atoms with van der Waals surface area (Å²) in [5.74, 6) is -5.89. The first-order valence-electron chi connectivity index (χ1n) is 21.1. The number of hydrogen-bond acceptors (Lipinski definition) is 6. The van der Waals surface area contributed by atoms with Gasteiger partial charge >= 0.3 is 18.1 Å². The monoisotopic (exact) mass is 866 g/mol. The molecule has 4 atom stereocenters. The average Bonchev–Trinajstić information content (AvgIpc) is 3.78. The van der Waals surface area contributed by atoms with E-state index in [2.05, 4.69) is 5.32 Å². The highest BCUT2D eigenvalue weighted by Gasteiger charge is 2.52. The molecular formula is C47H58ClF3N4O6. The van der Waals surface area contributed by atoms with E-state index in [4.69, 9.17) is 16.3 Å². The van der Waals surface area contributed by atoms with Gasteiger partial charge in [0, 0.05) is 48.9 Å². The molecule has 1 aliphatic heterocycles. The average molecular weight is 867 g/mol. The Bertz CT molecular complexity index is 2020. The van der Waals surface area contributed by atoms with Crippen molar-refractivity contribution in [3.05, 3.63) is 106 Å². The van der Waals surface area contributed by atoms with Gasteiger partial charge in [0.25, 0.3) is 0 Å². The van der Waals surface area contributed by atoms with Crippen LogP contribution in [-0.4, -0.2) is 95.3 Å². The first-order valence-corrected chi connectivity index (χ1v) is 21.5. The minimum atomic E-state index is -5.24. The maximum absolute atomic E-state index is 14.6. The molecule has 1 saturated heterocycles. The Labute approximate surface area is 362 Å². The summed E-state index contributed by atoms with van der Waals surface area (Å²) in [5, 5.41) is 3.09. The predicted molar refractivity (Wildman–Crippen MR) is 227 cm³/mol. The maximum Gasteiger partial charge on any atom is 0.471 e. The summed E-state index contributed by atoms with van der Waals surface area (Å²) in [7, 11) is 2.29. The highest BCUT2D eigenvalue weighted by molar-refractivity contribution is 6.31. The molecule has 1 unspecified atom stereocenters. The highest BCUT2D eigenvalue weighted by Crippen LogP contribution is 2.44. The topological polar surface area (TPSA) is 116 Å². The van der Waals surface area contributed by atoms with Gasteiger partial charge in [-0.05, 0) is 51.0 Å². The van der Waals surface area contributed by atoms with Crippen molar-refractivity contribution >= 4 is 41.2 Å². The van der Waals surface area contributed by atoms with Crippen molar-refractivity contribution in [2.75, 3.05) is 27.2 Å². The standard InChI is InChI=1S/C47H58ClF3N4O6/c1-31(2)40(53(5)43(59)45(4,30-33-17-9-7-10-18-33)54(6)44(60)47(49,50)51)41(57)52-38(42(58)55-27-15-16-28-55)29-39(56)61-46(34-19-11-8-12-20-34,35-25-23-32(3)24-26-35)36-21-13-14-22-37(36)48/h8,11-14,19-26,31,33,38,40H,7,9-10,15-18,27-30H2,1-6H3,(H,52,57)/t38-,40-,45-,46?/m0/s1. The number of nitrogens with one attached hydrogen (secondary N) is 1. The Balaban J connectivity index is 1.50. The number of carbonyl (C=O) groups excluding carboxylic acids is 5. The minimum absolute atomic E-state index is 0.0293. The van der Waals surface area contributed by atoms with Crippen molar-refractivity contribution in [1.29, 1.82) is 0 Å². The van der Waals surface area contributed by atoms with Crippen LogP contribution < -0.4 is 5.32 Å². The largest absolute Gasteiger partial charge is 0.471 e. The summed E-state index contributed by atoms with van der Waals surface area (Å²) in [6.45, 7) is 7.40. The van der Waals surface area contributed by atoms with E-state index < -0.39 is 71.3 Å². The zero-order chi connectivity index (χ0) is 44.7. The first-order chi connectivity index (χ1) is 28.8. The Kier molecular flexibility index (Phi) is 15.3. The second kappa shape index (κ2) is 19.9. The Hall–Kier alpha value is -4.91. The molecule has 0 aromatic heterocycles. The van der Waals surface area contributed by atoms with Gasteiger partial charge in [0.2, 0.25) is 17.7 Å². The van der Waals surface area contributed by atoms with Crippen LogP contribution in [0.5, 0.6) is 0 Å². The van der Waals surface area contributed by atoms with Gasteiger partial charge in [-0.25, -0.2) is 0 Å². The van der Waals surface area contributed by atoms with E-state index in [0.29, 0.717) is 52.5 Å². The van der Waals surface area contributed by atoms with Gasteiger partial charge in [0.05, 0.1) is 6.42 Å². The Morgan fingerprint density at radius 3 is 1.97 bits per heavy atom. The molecule has 2 fully saturated rings. The molecule has 2 aliphatic rings. The third kappa shape index (κ3) is 10.6. The number of alkyl halides is 3. The van der Waals surface area contributed by atoms with Crippen molar-refractivity contribution in [3.8, 4) is 0 Å². The van der Waals surface area contributed by atoms with Gasteiger partial charge < -0.3 is 24.8 Å². The van der Waals surface area contributed by atoms with Crippen LogP contribution in [0.25, 0.3) is 0 Å². The Morgan fingerprint density at radius 2 is 1.39 bits per heavy atom. The molecule has 1 aliphatic carbocycles. The lowest BCUT2D eigenvalue weighted by molar-refractivity contribution is -0.192. The molecule has 0 spiro atoms. The fraction of sp³-hybridized carbons (Fsp3) is 0.511. The van der Waals surface area contributed by atoms with Crippen LogP contribution in [0.2, 0.25) is 5.02 Å². The van der Waals surface area contributed by atoms with Crippen LogP contribution >= 0.6 is 11.6 Å². The number of hydrogen-bond donors (Lipinski definition) is 1. The number of aryl methyl sites for hydroxylation is 1. The van der Waals surface area contributed by atoms with Crippen molar-refractivity contribution in [3.63, 3.8) is 0 Å². The molecule has 14 heteroatoms. The zero-order valence-corrected chi connectivity index (χ0v) is 36.7. The molecular weight excluding hydrogens is 809 g/mol. The molecule has 10 nitrogen and oxygen atoms in total. The quantitative estimate of drug-likeness (QED) is 0.122. The molecule has 3 aromatic carbocycles. The molecule has 4 amide bonds. The fourth-order valence-electron chi connectivity index (χ4n) is 9.02. The number of likely N-dealkylation sites (N-methyl/N-ethyl adjacent to an activating group) is 2. The summed E-state index contributed by atoms with van der Waals surface area (Å²) in [6.07, 6.45) is -0.362. The van der Waals surface area contributed by atoms with E-state index in [1.807, 2.05) is 61.5 Å². The van der Waals surface area contributed by atoms with Crippen LogP contribution in [0.4, 0.5) is 13.2 Å². The molecule has 0 radical (unpaired) electrons. The van der Waals surface area contributed by atoms with Crippen LogP contribution in [0.3, 0.4) is 0 Å². The lowest BCUT2D eigenvalue weighted by Gasteiger charge is -2.44. The lowest BCUT2D eigenvalue weighted by atomic mass is 9.78. The predicted octanol–water partition coefficient (Wildman–Crippen LogP) is 8.21. The second-order valence-corrected chi connectivity index (χ2v) is 17.5. The van der Waals surface area contributed by atoms with Gasteiger partial charge in [-0.1, -0.05) is 136 Å². The normalized spacial score (nSPS) is 17.7. The number of benzene rings is 3. The summed E-state index contributed by atoms with van der Waals surface area (Å²) in [5.41, 5.74) is -0.950. The third-order valence-electron chi connectivity index (χ3n) is 12.4. The van der Waals surface area contributed by atoms with Gasteiger partial charge in [-0.2, -0.15) is 13.2 Å². The van der Waals surface area contributed by atoms with Gasteiger partial charge in [0.15, 0.2) is 5.60 Å². The van der Waals surface area contributed by atoms with Crippen LogP contribution in [-0.2, 0) is 34.3 Å². The molecule has 61 heavy (non-hydrogen) atoms. The number of amides is 4. The molecule has 330 valence electrons. The number of likely N-dealkylation sites (tertiary alicyclic amines) is 1. The van der Waals surface area contributed by atoms with Crippen LogP contribution in [0.15, 0.2) is 78.9 Å². The smallest absolute Gasteiger partial charge is 0.444 e.